The normalized spacial score (nSPS) is 14.1. The predicted octanol–water partition coefficient (Wildman–Crippen LogP) is 1.88. The molecule has 0 bridgehead atoms. The van der Waals surface area contributed by atoms with E-state index in [1.54, 1.807) is 21.3 Å². The number of hydrogen-bond acceptors (Lipinski definition) is 5. The van der Waals surface area contributed by atoms with Crippen LogP contribution in [-0.2, 0) is 17.7 Å². The fourth-order valence-corrected chi connectivity index (χ4v) is 3.07. The topological polar surface area (TPSA) is 67.4 Å². The monoisotopic (exact) mass is 492 g/mol. The Hall–Kier alpha value is -1.26. The van der Waals surface area contributed by atoms with Crippen molar-refractivity contribution in [1.82, 2.24) is 15.5 Å². The lowest BCUT2D eigenvalue weighted by atomic mass is 9.99. The number of hydrogen-bond donors (Lipinski definition) is 2. The molecule has 1 aromatic carbocycles. The molecule has 154 valence electrons. The number of ether oxygens (including phenoxy) is 3. The van der Waals surface area contributed by atoms with Gasteiger partial charge in [0.05, 0.1) is 20.8 Å². The van der Waals surface area contributed by atoms with Crippen LogP contribution >= 0.6 is 24.0 Å². The minimum absolute atomic E-state index is 0. The highest BCUT2D eigenvalue weighted by Gasteiger charge is 2.19. The van der Waals surface area contributed by atoms with Crippen LogP contribution in [0.15, 0.2) is 17.1 Å². The molecule has 0 aliphatic carbocycles. The maximum atomic E-state index is 5.43. The Morgan fingerprint density at radius 3 is 2.41 bits per heavy atom. The molecule has 27 heavy (non-hydrogen) atoms. The zero-order chi connectivity index (χ0) is 18.8. The molecule has 7 nitrogen and oxygen atoms in total. The van der Waals surface area contributed by atoms with Crippen LogP contribution in [0.25, 0.3) is 0 Å². The summed E-state index contributed by atoms with van der Waals surface area (Å²) in [5.74, 6) is 2.42. The van der Waals surface area contributed by atoms with E-state index >= 15 is 0 Å². The van der Waals surface area contributed by atoms with Gasteiger partial charge in [-0.25, -0.2) is 0 Å². The number of aliphatic imine (C=N–C) groups is 1. The molecule has 0 fully saturated rings. The lowest BCUT2D eigenvalue weighted by Crippen LogP contribution is -2.43. The van der Waals surface area contributed by atoms with Crippen molar-refractivity contribution in [1.29, 1.82) is 0 Å². The molecule has 1 aromatic rings. The van der Waals surface area contributed by atoms with Gasteiger partial charge in [0.25, 0.3) is 0 Å². The minimum Gasteiger partial charge on any atom is -0.493 e. The smallest absolute Gasteiger partial charge is 0.191 e. The van der Waals surface area contributed by atoms with E-state index in [4.69, 9.17) is 14.2 Å². The van der Waals surface area contributed by atoms with Gasteiger partial charge >= 0.3 is 0 Å². The summed E-state index contributed by atoms with van der Waals surface area (Å²) in [5.41, 5.74) is 2.66. The van der Waals surface area contributed by atoms with Crippen molar-refractivity contribution in [2.45, 2.75) is 19.9 Å². The zero-order valence-electron chi connectivity index (χ0n) is 16.8. The van der Waals surface area contributed by atoms with Gasteiger partial charge in [-0.1, -0.05) is 0 Å². The molecule has 1 heterocycles. The number of nitrogens with one attached hydrogen (secondary N) is 2. The summed E-state index contributed by atoms with van der Waals surface area (Å²) in [4.78, 5) is 6.68. The van der Waals surface area contributed by atoms with E-state index in [0.717, 1.165) is 63.2 Å². The first-order valence-electron chi connectivity index (χ1n) is 9.20. The number of nitrogens with zero attached hydrogens (tertiary/aromatic N) is 2. The van der Waals surface area contributed by atoms with Crippen LogP contribution in [0.3, 0.4) is 0 Å². The molecule has 8 heteroatoms. The Morgan fingerprint density at radius 1 is 1.11 bits per heavy atom. The molecular weight excluding hydrogens is 459 g/mol. The van der Waals surface area contributed by atoms with Gasteiger partial charge in [-0.05, 0) is 36.6 Å². The fourth-order valence-electron chi connectivity index (χ4n) is 3.07. The number of methoxy groups -OCH3 is 2. The van der Waals surface area contributed by atoms with Crippen LogP contribution in [0.2, 0.25) is 0 Å². The van der Waals surface area contributed by atoms with Gasteiger partial charge in [-0.2, -0.15) is 0 Å². The van der Waals surface area contributed by atoms with Gasteiger partial charge in [0.2, 0.25) is 0 Å². The molecule has 0 atom stereocenters. The maximum absolute atomic E-state index is 5.43. The first-order valence-corrected chi connectivity index (χ1v) is 9.20. The number of rotatable bonds is 9. The highest BCUT2D eigenvalue weighted by atomic mass is 127. The second-order valence-corrected chi connectivity index (χ2v) is 6.12. The molecule has 0 amide bonds. The summed E-state index contributed by atoms with van der Waals surface area (Å²) in [6.45, 7) is 7.94. The van der Waals surface area contributed by atoms with Gasteiger partial charge in [-0.3, -0.25) is 9.89 Å². The third-order valence-electron chi connectivity index (χ3n) is 4.48. The molecule has 1 aliphatic rings. The van der Waals surface area contributed by atoms with Crippen LogP contribution in [0.1, 0.15) is 18.1 Å². The molecule has 0 aromatic heterocycles. The molecule has 0 unspecified atom stereocenters. The van der Waals surface area contributed by atoms with E-state index in [9.17, 15) is 0 Å². The highest BCUT2D eigenvalue weighted by molar-refractivity contribution is 14.0. The molecule has 0 saturated carbocycles. The van der Waals surface area contributed by atoms with Crippen molar-refractivity contribution < 1.29 is 14.2 Å². The molecular formula is C19H33IN4O3. The first-order chi connectivity index (χ1) is 12.7. The maximum Gasteiger partial charge on any atom is 0.191 e. The Morgan fingerprint density at radius 2 is 1.78 bits per heavy atom. The van der Waals surface area contributed by atoms with Gasteiger partial charge in [0.15, 0.2) is 17.5 Å². The Bertz CT molecular complexity index is 599. The van der Waals surface area contributed by atoms with Crippen LogP contribution in [-0.4, -0.2) is 71.5 Å². The largest absolute Gasteiger partial charge is 0.493 e. The zero-order valence-corrected chi connectivity index (χ0v) is 19.2. The van der Waals surface area contributed by atoms with Crippen molar-refractivity contribution >= 4 is 29.9 Å². The van der Waals surface area contributed by atoms with Crippen molar-refractivity contribution in [2.75, 3.05) is 60.7 Å². The third-order valence-corrected chi connectivity index (χ3v) is 4.48. The third kappa shape index (κ3) is 7.34. The Kier molecular flexibility index (Phi) is 11.5. The van der Waals surface area contributed by atoms with Crippen molar-refractivity contribution in [2.24, 2.45) is 4.99 Å². The molecule has 0 radical (unpaired) electrons. The summed E-state index contributed by atoms with van der Waals surface area (Å²) in [5, 5.41) is 6.61. The first kappa shape index (κ1) is 23.8. The van der Waals surface area contributed by atoms with E-state index in [1.165, 1.54) is 11.1 Å². The lowest BCUT2D eigenvalue weighted by molar-refractivity contribution is 0.152. The van der Waals surface area contributed by atoms with Crippen LogP contribution < -0.4 is 20.1 Å². The summed E-state index contributed by atoms with van der Waals surface area (Å²) in [6.07, 6.45) is 1.02. The lowest BCUT2D eigenvalue weighted by Gasteiger charge is -2.29. The number of fused-ring (bicyclic) bond motifs is 1. The Balaban J connectivity index is 0.00000364. The van der Waals surface area contributed by atoms with E-state index in [-0.39, 0.29) is 24.0 Å². The SMILES string of the molecule is CCOCCNC(=NC)NCCN1CCc2cc(OC)c(OC)cc2C1.I. The summed E-state index contributed by atoms with van der Waals surface area (Å²) in [7, 11) is 5.14. The summed E-state index contributed by atoms with van der Waals surface area (Å²) in [6, 6.07) is 4.20. The standard InChI is InChI=1S/C19H32N4O3.HI/c1-5-26-11-8-22-19(20-2)21-7-10-23-9-6-15-12-17(24-3)18(25-4)13-16(15)14-23;/h12-13H,5-11,14H2,1-4H3,(H2,20,21,22);1H. The van der Waals surface area contributed by atoms with Gasteiger partial charge < -0.3 is 24.8 Å². The fraction of sp³-hybridized carbons (Fsp3) is 0.632. The quantitative estimate of drug-likeness (QED) is 0.238. The van der Waals surface area contributed by atoms with E-state index in [0.29, 0.717) is 6.61 Å². The van der Waals surface area contributed by atoms with Crippen molar-refractivity contribution in [3.63, 3.8) is 0 Å². The van der Waals surface area contributed by atoms with Crippen molar-refractivity contribution in [3.05, 3.63) is 23.3 Å². The van der Waals surface area contributed by atoms with Crippen molar-refractivity contribution in [3.8, 4) is 11.5 Å². The van der Waals surface area contributed by atoms with Gasteiger partial charge in [0.1, 0.15) is 0 Å². The van der Waals surface area contributed by atoms with E-state index in [2.05, 4.69) is 32.7 Å². The van der Waals surface area contributed by atoms with Gasteiger partial charge in [0, 0.05) is 46.4 Å². The summed E-state index contributed by atoms with van der Waals surface area (Å²) >= 11 is 0. The second kappa shape index (κ2) is 13.0. The molecule has 2 rings (SSSR count). The van der Waals surface area contributed by atoms with Crippen LogP contribution in [0, 0.1) is 0 Å². The number of guanidine groups is 1. The summed E-state index contributed by atoms with van der Waals surface area (Å²) < 4.78 is 16.2. The molecule has 2 N–H and O–H groups in total. The molecule has 0 spiro atoms. The average Bonchev–Trinajstić information content (AvgIpc) is 2.68. The average molecular weight is 492 g/mol. The number of benzene rings is 1. The van der Waals surface area contributed by atoms with E-state index in [1.807, 2.05) is 6.92 Å². The Labute approximate surface area is 179 Å². The second-order valence-electron chi connectivity index (χ2n) is 6.12. The minimum atomic E-state index is 0. The van der Waals surface area contributed by atoms with Crippen LogP contribution in [0.4, 0.5) is 0 Å². The number of halogens is 1. The van der Waals surface area contributed by atoms with Gasteiger partial charge in [-0.15, -0.1) is 24.0 Å². The highest BCUT2D eigenvalue weighted by Crippen LogP contribution is 2.33. The van der Waals surface area contributed by atoms with E-state index < -0.39 is 0 Å². The van der Waals surface area contributed by atoms with Crippen LogP contribution in [0.5, 0.6) is 11.5 Å². The molecule has 1 aliphatic heterocycles. The predicted molar refractivity (Wildman–Crippen MR) is 120 cm³/mol. The molecule has 0 saturated heterocycles.